The Balaban J connectivity index is 1.76. The molecule has 0 unspecified atom stereocenters. The highest BCUT2D eigenvalue weighted by atomic mass is 16.5. The lowest BCUT2D eigenvalue weighted by Gasteiger charge is -2.34. The minimum absolute atomic E-state index is 0.252. The maximum Gasteiger partial charge on any atom is 0.179 e. The monoisotopic (exact) mass is 364 g/mol. The molecule has 1 N–H and O–H groups in total. The predicted molar refractivity (Wildman–Crippen MR) is 100 cm³/mol. The van der Waals surface area contributed by atoms with Gasteiger partial charge in [0.25, 0.3) is 0 Å². The van der Waals surface area contributed by atoms with E-state index >= 15 is 0 Å². The van der Waals surface area contributed by atoms with Crippen LogP contribution in [0.4, 0.5) is 5.82 Å². The van der Waals surface area contributed by atoms with Crippen LogP contribution in [-0.4, -0.2) is 60.4 Å². The summed E-state index contributed by atoms with van der Waals surface area (Å²) in [4.78, 5) is 6.88. The molecule has 0 amide bonds. The van der Waals surface area contributed by atoms with Crippen molar-refractivity contribution in [3.8, 4) is 22.8 Å². The fraction of sp³-hybridized carbons (Fsp3) is 0.333. The number of morpholine rings is 1. The molecule has 1 saturated heterocycles. The maximum absolute atomic E-state index is 5.59. The molecule has 27 heavy (non-hydrogen) atoms. The van der Waals surface area contributed by atoms with E-state index in [4.69, 9.17) is 9.84 Å². The van der Waals surface area contributed by atoms with Crippen LogP contribution < -0.4 is 4.90 Å². The van der Waals surface area contributed by atoms with E-state index in [1.165, 1.54) is 0 Å². The number of aromatic amines is 1. The van der Waals surface area contributed by atoms with Crippen molar-refractivity contribution < 1.29 is 4.74 Å². The van der Waals surface area contributed by atoms with Gasteiger partial charge in [-0.1, -0.05) is 0 Å². The Hall–Kier alpha value is -3.20. The first kappa shape index (κ1) is 16.0. The highest BCUT2D eigenvalue weighted by Gasteiger charge is 2.24. The molecule has 0 bridgehead atoms. The van der Waals surface area contributed by atoms with E-state index in [2.05, 4.69) is 38.2 Å². The number of fused-ring (bicyclic) bond motifs is 1. The van der Waals surface area contributed by atoms with E-state index in [0.29, 0.717) is 13.2 Å². The van der Waals surface area contributed by atoms with Gasteiger partial charge in [0.05, 0.1) is 36.7 Å². The maximum atomic E-state index is 5.59. The van der Waals surface area contributed by atoms with Crippen LogP contribution in [0.15, 0.2) is 36.8 Å². The van der Waals surface area contributed by atoms with E-state index in [0.717, 1.165) is 40.7 Å². The third-order valence-corrected chi connectivity index (χ3v) is 4.99. The summed E-state index contributed by atoms with van der Waals surface area (Å²) >= 11 is 0. The summed E-state index contributed by atoms with van der Waals surface area (Å²) in [5.41, 5.74) is 3.80. The minimum Gasteiger partial charge on any atom is -0.377 e. The second kappa shape index (κ2) is 6.20. The highest BCUT2D eigenvalue weighted by Crippen LogP contribution is 2.31. The molecule has 4 aromatic heterocycles. The van der Waals surface area contributed by atoms with Crippen LogP contribution in [0.5, 0.6) is 0 Å². The van der Waals surface area contributed by atoms with Gasteiger partial charge in [-0.25, -0.2) is 9.50 Å². The molecule has 138 valence electrons. The number of nitrogens with zero attached hydrogens (tertiary/aromatic N) is 7. The molecule has 0 aromatic carbocycles. The SMILES string of the molecule is C[C@H]1COCCN1c1cc(-c2ccnn2C)c2cnc(-c3ccn[nH]3)n2n1. The fourth-order valence-corrected chi connectivity index (χ4v) is 3.58. The number of aryl methyl sites for hydroxylation is 1. The van der Waals surface area contributed by atoms with Gasteiger partial charge in [-0.3, -0.25) is 9.78 Å². The molecule has 0 aliphatic carbocycles. The van der Waals surface area contributed by atoms with Crippen LogP contribution in [0.1, 0.15) is 6.92 Å². The van der Waals surface area contributed by atoms with Gasteiger partial charge in [0.2, 0.25) is 0 Å². The van der Waals surface area contributed by atoms with Gasteiger partial charge in [0.1, 0.15) is 5.69 Å². The second-order valence-corrected chi connectivity index (χ2v) is 6.72. The number of imidazole rings is 1. The van der Waals surface area contributed by atoms with E-state index in [-0.39, 0.29) is 6.04 Å². The fourth-order valence-electron chi connectivity index (χ4n) is 3.58. The summed E-state index contributed by atoms with van der Waals surface area (Å²) in [6.07, 6.45) is 5.36. The standard InChI is InChI=1S/C18H20N8O/c1-12-11-27-8-7-25(12)17-9-13(15-4-6-21-24(15)2)16-10-19-18(26(16)23-17)14-3-5-20-22-14/h3-6,9-10,12H,7-8,11H2,1-2H3,(H,20,22)/t12-/m0/s1. The zero-order valence-electron chi connectivity index (χ0n) is 15.2. The van der Waals surface area contributed by atoms with E-state index in [9.17, 15) is 0 Å². The van der Waals surface area contributed by atoms with Crippen LogP contribution in [0.2, 0.25) is 0 Å². The average molecular weight is 364 g/mol. The van der Waals surface area contributed by atoms with Crippen molar-refractivity contribution in [1.29, 1.82) is 0 Å². The number of hydrogen-bond acceptors (Lipinski definition) is 6. The first-order valence-corrected chi connectivity index (χ1v) is 8.93. The van der Waals surface area contributed by atoms with Crippen LogP contribution in [-0.2, 0) is 11.8 Å². The van der Waals surface area contributed by atoms with Gasteiger partial charge in [-0.05, 0) is 25.1 Å². The molecule has 4 aromatic rings. The van der Waals surface area contributed by atoms with Gasteiger partial charge in [-0.15, -0.1) is 5.10 Å². The summed E-state index contributed by atoms with van der Waals surface area (Å²) in [7, 11) is 1.94. The van der Waals surface area contributed by atoms with Gasteiger partial charge in [0, 0.05) is 31.5 Å². The lowest BCUT2D eigenvalue weighted by molar-refractivity contribution is 0.0984. The number of H-pyrrole nitrogens is 1. The summed E-state index contributed by atoms with van der Waals surface area (Å²) in [6.45, 7) is 4.34. The topological polar surface area (TPSA) is 89.2 Å². The van der Waals surface area contributed by atoms with Crippen molar-refractivity contribution in [2.75, 3.05) is 24.7 Å². The molecule has 1 aliphatic heterocycles. The molecule has 1 atom stereocenters. The average Bonchev–Trinajstić information content (AvgIpc) is 3.41. The summed E-state index contributed by atoms with van der Waals surface area (Å²) in [5.74, 6) is 1.63. The Morgan fingerprint density at radius 1 is 1.26 bits per heavy atom. The first-order valence-electron chi connectivity index (χ1n) is 8.93. The molecule has 0 radical (unpaired) electrons. The lowest BCUT2D eigenvalue weighted by Crippen LogP contribution is -2.44. The number of hydrogen-bond donors (Lipinski definition) is 1. The third-order valence-electron chi connectivity index (χ3n) is 4.99. The van der Waals surface area contributed by atoms with Gasteiger partial charge in [0.15, 0.2) is 11.6 Å². The van der Waals surface area contributed by atoms with Crippen molar-refractivity contribution in [3.05, 3.63) is 36.8 Å². The quantitative estimate of drug-likeness (QED) is 0.596. The number of ether oxygens (including phenoxy) is 1. The molecular weight excluding hydrogens is 344 g/mol. The Kier molecular flexibility index (Phi) is 3.68. The number of anilines is 1. The first-order chi connectivity index (χ1) is 13.2. The zero-order valence-corrected chi connectivity index (χ0v) is 15.2. The number of aromatic nitrogens is 7. The Morgan fingerprint density at radius 2 is 2.19 bits per heavy atom. The smallest absolute Gasteiger partial charge is 0.179 e. The van der Waals surface area contributed by atoms with E-state index in [1.807, 2.05) is 34.6 Å². The Morgan fingerprint density at radius 3 is 2.93 bits per heavy atom. The molecule has 5 rings (SSSR count). The van der Waals surface area contributed by atoms with Crippen LogP contribution in [0, 0.1) is 0 Å². The van der Waals surface area contributed by atoms with Crippen molar-refractivity contribution >= 4 is 11.3 Å². The van der Waals surface area contributed by atoms with Crippen LogP contribution in [0.3, 0.4) is 0 Å². The molecule has 0 spiro atoms. The molecule has 9 nitrogen and oxygen atoms in total. The second-order valence-electron chi connectivity index (χ2n) is 6.72. The zero-order chi connectivity index (χ0) is 18.4. The molecule has 0 saturated carbocycles. The normalized spacial score (nSPS) is 17.7. The van der Waals surface area contributed by atoms with Crippen LogP contribution >= 0.6 is 0 Å². The van der Waals surface area contributed by atoms with Crippen molar-refractivity contribution in [2.24, 2.45) is 7.05 Å². The van der Waals surface area contributed by atoms with E-state index in [1.54, 1.807) is 12.4 Å². The number of rotatable bonds is 3. The number of nitrogens with one attached hydrogen (secondary N) is 1. The third kappa shape index (κ3) is 2.58. The van der Waals surface area contributed by atoms with Crippen molar-refractivity contribution in [2.45, 2.75) is 13.0 Å². The molecular formula is C18H20N8O. The largest absolute Gasteiger partial charge is 0.377 e. The molecule has 1 aliphatic rings. The molecule has 9 heteroatoms. The van der Waals surface area contributed by atoms with Crippen molar-refractivity contribution in [1.82, 2.24) is 34.6 Å². The lowest BCUT2D eigenvalue weighted by atomic mass is 10.1. The van der Waals surface area contributed by atoms with Crippen molar-refractivity contribution in [3.63, 3.8) is 0 Å². The van der Waals surface area contributed by atoms with Gasteiger partial charge < -0.3 is 9.64 Å². The highest BCUT2D eigenvalue weighted by molar-refractivity contribution is 5.81. The van der Waals surface area contributed by atoms with Gasteiger partial charge >= 0.3 is 0 Å². The molecule has 5 heterocycles. The van der Waals surface area contributed by atoms with Crippen LogP contribution in [0.25, 0.3) is 28.3 Å². The summed E-state index contributed by atoms with van der Waals surface area (Å²) in [6, 6.07) is 6.27. The predicted octanol–water partition coefficient (Wildman–Crippen LogP) is 1.74. The van der Waals surface area contributed by atoms with E-state index < -0.39 is 0 Å². The summed E-state index contributed by atoms with van der Waals surface area (Å²) in [5, 5.41) is 16.3. The molecule has 1 fully saturated rings. The van der Waals surface area contributed by atoms with Gasteiger partial charge in [-0.2, -0.15) is 10.2 Å². The summed E-state index contributed by atoms with van der Waals surface area (Å²) < 4.78 is 9.34. The Labute approximate surface area is 155 Å². The Bertz CT molecular complexity index is 1080. The minimum atomic E-state index is 0.252.